The molecule has 0 atom stereocenters. The maximum atomic E-state index is 5.88. The van der Waals surface area contributed by atoms with Gasteiger partial charge in [-0.05, 0) is 30.5 Å². The van der Waals surface area contributed by atoms with Gasteiger partial charge in [-0.15, -0.1) is 0 Å². The third-order valence-corrected chi connectivity index (χ3v) is 4.78. The number of nitrogens with one attached hydrogen (secondary N) is 1. The van der Waals surface area contributed by atoms with Crippen molar-refractivity contribution in [3.05, 3.63) is 29.6 Å². The van der Waals surface area contributed by atoms with Crippen molar-refractivity contribution in [2.45, 2.75) is 57.3 Å². The van der Waals surface area contributed by atoms with Crippen LogP contribution in [0.4, 0.5) is 0 Å². The summed E-state index contributed by atoms with van der Waals surface area (Å²) in [6, 6.07) is 6.52. The number of hydrogen-bond donors (Lipinski definition) is 2. The first kappa shape index (κ1) is 13.6. The fourth-order valence-electron chi connectivity index (χ4n) is 3.14. The largest absolute Gasteiger partial charge is 0.342 e. The summed E-state index contributed by atoms with van der Waals surface area (Å²) in [5, 5.41) is 0. The van der Waals surface area contributed by atoms with Gasteiger partial charge in [0.15, 0.2) is 0 Å². The minimum Gasteiger partial charge on any atom is -0.342 e. The van der Waals surface area contributed by atoms with Crippen molar-refractivity contribution in [1.29, 1.82) is 0 Å². The van der Waals surface area contributed by atoms with Gasteiger partial charge in [-0.25, -0.2) is 4.98 Å². The number of rotatable bonds is 3. The van der Waals surface area contributed by atoms with E-state index in [1.807, 2.05) is 0 Å². The molecule has 1 heterocycles. The number of fused-ring (bicyclic) bond motifs is 1. The first-order valence-electron chi connectivity index (χ1n) is 7.80. The molecule has 1 fully saturated rings. The Morgan fingerprint density at radius 1 is 1.25 bits per heavy atom. The molecular weight excluding hydrogens is 246 g/mol. The highest BCUT2D eigenvalue weighted by atomic mass is 14.9. The molecular formula is C17H25N3. The average Bonchev–Trinajstić information content (AvgIpc) is 2.91. The zero-order valence-corrected chi connectivity index (χ0v) is 12.6. The fraction of sp³-hybridized carbons (Fsp3) is 0.588. The third-order valence-electron chi connectivity index (χ3n) is 4.78. The number of nitrogens with zero attached hydrogens (tertiary/aromatic N) is 1. The lowest BCUT2D eigenvalue weighted by Gasteiger charge is -2.22. The second-order valence-corrected chi connectivity index (χ2v) is 6.78. The zero-order valence-electron chi connectivity index (χ0n) is 12.6. The summed E-state index contributed by atoms with van der Waals surface area (Å²) in [5.74, 6) is 1.81. The van der Waals surface area contributed by atoms with Crippen LogP contribution in [0, 0.1) is 0 Å². The first-order chi connectivity index (χ1) is 9.60. The van der Waals surface area contributed by atoms with E-state index in [-0.39, 0.29) is 5.41 Å². The molecule has 0 saturated heterocycles. The predicted octanol–water partition coefficient (Wildman–Crippen LogP) is 3.85. The van der Waals surface area contributed by atoms with Crippen molar-refractivity contribution >= 4 is 11.0 Å². The van der Waals surface area contributed by atoms with E-state index in [9.17, 15) is 0 Å². The Balaban J connectivity index is 1.95. The normalized spacial score (nSPS) is 17.8. The van der Waals surface area contributed by atoms with Crippen LogP contribution >= 0.6 is 0 Å². The maximum absolute atomic E-state index is 5.88. The summed E-state index contributed by atoms with van der Waals surface area (Å²) in [4.78, 5) is 8.35. The number of aromatic amines is 1. The van der Waals surface area contributed by atoms with Gasteiger partial charge in [0.25, 0.3) is 0 Å². The van der Waals surface area contributed by atoms with E-state index in [0.29, 0.717) is 12.5 Å². The molecule has 1 saturated carbocycles. The van der Waals surface area contributed by atoms with Crippen molar-refractivity contribution in [1.82, 2.24) is 9.97 Å². The number of aromatic nitrogens is 2. The Morgan fingerprint density at radius 2 is 2.00 bits per heavy atom. The Bertz CT molecular complexity index is 591. The van der Waals surface area contributed by atoms with Gasteiger partial charge in [-0.3, -0.25) is 0 Å². The molecule has 20 heavy (non-hydrogen) atoms. The van der Waals surface area contributed by atoms with Crippen LogP contribution in [0.3, 0.4) is 0 Å². The Kier molecular flexibility index (Phi) is 3.55. The molecule has 0 spiro atoms. The van der Waals surface area contributed by atoms with Crippen LogP contribution in [-0.4, -0.2) is 16.5 Å². The summed E-state index contributed by atoms with van der Waals surface area (Å²) in [5.41, 5.74) is 9.42. The molecule has 0 aliphatic heterocycles. The molecule has 0 bridgehead atoms. The van der Waals surface area contributed by atoms with Crippen LogP contribution in [0.25, 0.3) is 11.0 Å². The molecule has 108 valence electrons. The molecule has 1 aliphatic rings. The predicted molar refractivity (Wildman–Crippen MR) is 84.0 cm³/mol. The number of benzene rings is 1. The minimum atomic E-state index is 0.0182. The number of H-pyrrole nitrogens is 1. The van der Waals surface area contributed by atoms with Gasteiger partial charge in [-0.2, -0.15) is 0 Å². The van der Waals surface area contributed by atoms with E-state index < -0.39 is 0 Å². The standard InChI is InChI=1S/C17H25N3/c1-17(2,11-18)13-8-9-14-15(10-13)20-16(19-14)12-6-4-3-5-7-12/h8-10,12H,3-7,11,18H2,1-2H3,(H,19,20). The Labute approximate surface area is 121 Å². The highest BCUT2D eigenvalue weighted by Crippen LogP contribution is 2.32. The van der Waals surface area contributed by atoms with Crippen molar-refractivity contribution in [3.8, 4) is 0 Å². The summed E-state index contributed by atoms with van der Waals surface area (Å²) < 4.78 is 0. The smallest absolute Gasteiger partial charge is 0.110 e. The lowest BCUT2D eigenvalue weighted by molar-refractivity contribution is 0.431. The monoisotopic (exact) mass is 271 g/mol. The Hall–Kier alpha value is -1.35. The molecule has 3 N–H and O–H groups in total. The molecule has 1 aromatic carbocycles. The van der Waals surface area contributed by atoms with Crippen molar-refractivity contribution in [3.63, 3.8) is 0 Å². The maximum Gasteiger partial charge on any atom is 0.110 e. The molecule has 2 aromatic rings. The van der Waals surface area contributed by atoms with E-state index in [1.165, 1.54) is 43.5 Å². The topological polar surface area (TPSA) is 54.7 Å². The second-order valence-electron chi connectivity index (χ2n) is 6.78. The molecule has 3 heteroatoms. The Morgan fingerprint density at radius 3 is 2.70 bits per heavy atom. The van der Waals surface area contributed by atoms with Gasteiger partial charge >= 0.3 is 0 Å². The van der Waals surface area contributed by atoms with Crippen molar-refractivity contribution < 1.29 is 0 Å². The molecule has 0 radical (unpaired) electrons. The van der Waals surface area contributed by atoms with Crippen LogP contribution in [0.2, 0.25) is 0 Å². The van der Waals surface area contributed by atoms with Crippen molar-refractivity contribution in [2.24, 2.45) is 5.73 Å². The lowest BCUT2D eigenvalue weighted by Crippen LogP contribution is -2.27. The molecule has 0 amide bonds. The van der Waals surface area contributed by atoms with Gasteiger partial charge in [0, 0.05) is 17.9 Å². The fourth-order valence-corrected chi connectivity index (χ4v) is 3.14. The van der Waals surface area contributed by atoms with E-state index >= 15 is 0 Å². The summed E-state index contributed by atoms with van der Waals surface area (Å²) >= 11 is 0. The van der Waals surface area contributed by atoms with E-state index in [1.54, 1.807) is 0 Å². The molecule has 0 unspecified atom stereocenters. The van der Waals surface area contributed by atoms with Crippen LogP contribution in [0.5, 0.6) is 0 Å². The van der Waals surface area contributed by atoms with Crippen LogP contribution < -0.4 is 5.73 Å². The molecule has 1 aliphatic carbocycles. The number of hydrogen-bond acceptors (Lipinski definition) is 2. The van der Waals surface area contributed by atoms with Crippen LogP contribution in [0.15, 0.2) is 18.2 Å². The number of imidazole rings is 1. The van der Waals surface area contributed by atoms with Gasteiger partial charge in [0.1, 0.15) is 5.82 Å². The second kappa shape index (κ2) is 5.21. The first-order valence-corrected chi connectivity index (χ1v) is 7.80. The SMILES string of the molecule is CC(C)(CN)c1ccc2nc(C3CCCCC3)[nH]c2c1. The summed E-state index contributed by atoms with van der Waals surface area (Å²) in [6.45, 7) is 5.03. The summed E-state index contributed by atoms with van der Waals surface area (Å²) in [7, 11) is 0. The van der Waals surface area contributed by atoms with E-state index in [0.717, 1.165) is 11.0 Å². The molecule has 1 aromatic heterocycles. The highest BCUT2D eigenvalue weighted by Gasteiger charge is 2.21. The van der Waals surface area contributed by atoms with Gasteiger partial charge in [-0.1, -0.05) is 39.2 Å². The van der Waals surface area contributed by atoms with Crippen LogP contribution in [0.1, 0.15) is 63.3 Å². The summed E-state index contributed by atoms with van der Waals surface area (Å²) in [6.07, 6.45) is 6.62. The van der Waals surface area contributed by atoms with E-state index in [2.05, 4.69) is 37.0 Å². The quantitative estimate of drug-likeness (QED) is 0.891. The third kappa shape index (κ3) is 2.47. The lowest BCUT2D eigenvalue weighted by atomic mass is 9.85. The van der Waals surface area contributed by atoms with Gasteiger partial charge in [0.2, 0.25) is 0 Å². The zero-order chi connectivity index (χ0) is 14.2. The van der Waals surface area contributed by atoms with E-state index in [4.69, 9.17) is 10.7 Å². The van der Waals surface area contributed by atoms with Gasteiger partial charge in [0.05, 0.1) is 11.0 Å². The molecule has 3 nitrogen and oxygen atoms in total. The number of nitrogens with two attached hydrogens (primary N) is 1. The minimum absolute atomic E-state index is 0.0182. The molecule has 3 rings (SSSR count). The average molecular weight is 271 g/mol. The van der Waals surface area contributed by atoms with Gasteiger partial charge < -0.3 is 10.7 Å². The highest BCUT2D eigenvalue weighted by molar-refractivity contribution is 5.76. The van der Waals surface area contributed by atoms with Crippen molar-refractivity contribution in [2.75, 3.05) is 6.54 Å². The van der Waals surface area contributed by atoms with Crippen LogP contribution in [-0.2, 0) is 5.41 Å².